The van der Waals surface area contributed by atoms with Crippen molar-refractivity contribution in [2.24, 2.45) is 5.92 Å². The Balaban J connectivity index is 2.33. The van der Waals surface area contributed by atoms with Crippen molar-refractivity contribution in [3.05, 3.63) is 0 Å². The van der Waals surface area contributed by atoms with Crippen molar-refractivity contribution in [3.63, 3.8) is 0 Å². The molecule has 1 heterocycles. The zero-order valence-corrected chi connectivity index (χ0v) is 8.46. The fourth-order valence-electron chi connectivity index (χ4n) is 1.51. The van der Waals surface area contributed by atoms with Crippen LogP contribution in [0.15, 0.2) is 0 Å². The number of piperidine rings is 1. The number of thiol groups is 1. The van der Waals surface area contributed by atoms with Crippen LogP contribution in [0.1, 0.15) is 19.3 Å². The SMILES string of the molecule is N#CC1CCN(C(=O)CCS)CC1. The molecule has 0 aromatic heterocycles. The molecule has 1 amide bonds. The standard InChI is InChI=1S/C9H14N2OS/c10-7-8-1-4-11(5-2-8)9(12)3-6-13/h8,13H,1-6H2. The smallest absolute Gasteiger partial charge is 0.223 e. The van der Waals surface area contributed by atoms with E-state index in [-0.39, 0.29) is 11.8 Å². The second-order valence-corrected chi connectivity index (χ2v) is 3.70. The second kappa shape index (κ2) is 5.13. The summed E-state index contributed by atoms with van der Waals surface area (Å²) in [6.45, 7) is 1.48. The molecule has 1 aliphatic heterocycles. The van der Waals surface area contributed by atoms with Gasteiger partial charge in [-0.3, -0.25) is 4.79 Å². The van der Waals surface area contributed by atoms with Gasteiger partial charge in [-0.1, -0.05) is 0 Å². The molecule has 0 saturated carbocycles. The molecular formula is C9H14N2OS. The Hall–Kier alpha value is -0.690. The lowest BCUT2D eigenvalue weighted by atomic mass is 9.98. The van der Waals surface area contributed by atoms with E-state index in [4.69, 9.17) is 5.26 Å². The fraction of sp³-hybridized carbons (Fsp3) is 0.778. The first-order chi connectivity index (χ1) is 6.27. The average molecular weight is 198 g/mol. The molecule has 3 nitrogen and oxygen atoms in total. The molecule has 72 valence electrons. The lowest BCUT2D eigenvalue weighted by Gasteiger charge is -2.29. The van der Waals surface area contributed by atoms with Crippen LogP contribution in [-0.4, -0.2) is 29.6 Å². The Bertz CT molecular complexity index is 216. The van der Waals surface area contributed by atoms with E-state index in [0.717, 1.165) is 25.9 Å². The van der Waals surface area contributed by atoms with Gasteiger partial charge in [0.15, 0.2) is 0 Å². The van der Waals surface area contributed by atoms with Crippen molar-refractivity contribution in [2.75, 3.05) is 18.8 Å². The van der Waals surface area contributed by atoms with Crippen molar-refractivity contribution in [2.45, 2.75) is 19.3 Å². The number of amides is 1. The molecule has 4 heteroatoms. The molecule has 1 fully saturated rings. The van der Waals surface area contributed by atoms with Crippen LogP contribution in [0, 0.1) is 17.2 Å². The Kier molecular flexibility index (Phi) is 4.10. The van der Waals surface area contributed by atoms with Gasteiger partial charge in [-0.25, -0.2) is 0 Å². The summed E-state index contributed by atoms with van der Waals surface area (Å²) in [5.41, 5.74) is 0. The van der Waals surface area contributed by atoms with Gasteiger partial charge in [0, 0.05) is 25.4 Å². The Labute approximate surface area is 84.1 Å². The fourth-order valence-corrected chi connectivity index (χ4v) is 1.70. The number of nitrogens with zero attached hydrogens (tertiary/aromatic N) is 2. The van der Waals surface area contributed by atoms with E-state index in [1.165, 1.54) is 0 Å². The van der Waals surface area contributed by atoms with Gasteiger partial charge in [0.1, 0.15) is 0 Å². The topological polar surface area (TPSA) is 44.1 Å². The molecule has 13 heavy (non-hydrogen) atoms. The van der Waals surface area contributed by atoms with Crippen LogP contribution in [0.2, 0.25) is 0 Å². The first-order valence-electron chi connectivity index (χ1n) is 4.56. The zero-order valence-electron chi connectivity index (χ0n) is 7.57. The molecule has 1 aliphatic rings. The van der Waals surface area contributed by atoms with E-state index in [1.807, 2.05) is 4.90 Å². The van der Waals surface area contributed by atoms with Gasteiger partial charge in [-0.15, -0.1) is 0 Å². The first kappa shape index (κ1) is 10.4. The van der Waals surface area contributed by atoms with Gasteiger partial charge in [0.2, 0.25) is 5.91 Å². The molecule has 0 aromatic carbocycles. The predicted molar refractivity (Wildman–Crippen MR) is 53.4 cm³/mol. The molecule has 1 saturated heterocycles. The van der Waals surface area contributed by atoms with Crippen molar-refractivity contribution in [1.29, 1.82) is 5.26 Å². The summed E-state index contributed by atoms with van der Waals surface area (Å²) in [6, 6.07) is 2.24. The summed E-state index contributed by atoms with van der Waals surface area (Å²) in [4.78, 5) is 13.2. The van der Waals surface area contributed by atoms with Gasteiger partial charge < -0.3 is 4.90 Å². The minimum Gasteiger partial charge on any atom is -0.343 e. The summed E-state index contributed by atoms with van der Waals surface area (Å²) >= 11 is 4.02. The number of hydrogen-bond donors (Lipinski definition) is 1. The van der Waals surface area contributed by atoms with Crippen LogP contribution in [-0.2, 0) is 4.79 Å². The Morgan fingerprint density at radius 3 is 2.62 bits per heavy atom. The van der Waals surface area contributed by atoms with Crippen molar-refractivity contribution < 1.29 is 4.79 Å². The quantitative estimate of drug-likeness (QED) is 0.674. The summed E-state index contributed by atoms with van der Waals surface area (Å²) in [5, 5.41) is 8.65. The third kappa shape index (κ3) is 2.92. The highest BCUT2D eigenvalue weighted by atomic mass is 32.1. The maximum Gasteiger partial charge on any atom is 0.223 e. The summed E-state index contributed by atoms with van der Waals surface area (Å²) in [6.07, 6.45) is 2.17. The number of nitriles is 1. The number of carbonyl (C=O) groups excluding carboxylic acids is 1. The van der Waals surface area contributed by atoms with Gasteiger partial charge in [-0.05, 0) is 18.6 Å². The summed E-state index contributed by atoms with van der Waals surface area (Å²) in [5.74, 6) is 0.934. The molecular weight excluding hydrogens is 184 g/mol. The monoisotopic (exact) mass is 198 g/mol. The van der Waals surface area contributed by atoms with E-state index < -0.39 is 0 Å². The molecule has 0 aromatic rings. The van der Waals surface area contributed by atoms with Crippen LogP contribution in [0.25, 0.3) is 0 Å². The minimum absolute atomic E-state index is 0.153. The maximum atomic E-state index is 11.4. The number of carbonyl (C=O) groups is 1. The molecule has 0 spiro atoms. The lowest BCUT2D eigenvalue weighted by Crippen LogP contribution is -2.38. The van der Waals surface area contributed by atoms with E-state index >= 15 is 0 Å². The van der Waals surface area contributed by atoms with Crippen LogP contribution >= 0.6 is 12.6 Å². The molecule has 0 N–H and O–H groups in total. The van der Waals surface area contributed by atoms with Crippen LogP contribution in [0.5, 0.6) is 0 Å². The predicted octanol–water partition coefficient (Wildman–Crippen LogP) is 1.07. The number of rotatable bonds is 2. The van der Waals surface area contributed by atoms with E-state index in [2.05, 4.69) is 18.7 Å². The highest BCUT2D eigenvalue weighted by Gasteiger charge is 2.21. The largest absolute Gasteiger partial charge is 0.343 e. The Morgan fingerprint density at radius 2 is 2.15 bits per heavy atom. The maximum absolute atomic E-state index is 11.4. The van der Waals surface area contributed by atoms with Crippen LogP contribution < -0.4 is 0 Å². The van der Waals surface area contributed by atoms with Crippen LogP contribution in [0.4, 0.5) is 0 Å². The third-order valence-corrected chi connectivity index (χ3v) is 2.58. The molecule has 0 unspecified atom stereocenters. The number of hydrogen-bond acceptors (Lipinski definition) is 3. The average Bonchev–Trinajstić information content (AvgIpc) is 2.18. The van der Waals surface area contributed by atoms with Crippen molar-refractivity contribution >= 4 is 18.5 Å². The normalized spacial score (nSPS) is 18.3. The highest BCUT2D eigenvalue weighted by molar-refractivity contribution is 7.80. The Morgan fingerprint density at radius 1 is 1.54 bits per heavy atom. The summed E-state index contributed by atoms with van der Waals surface area (Å²) in [7, 11) is 0. The highest BCUT2D eigenvalue weighted by Crippen LogP contribution is 2.16. The summed E-state index contributed by atoms with van der Waals surface area (Å²) < 4.78 is 0. The van der Waals surface area contributed by atoms with Crippen LogP contribution in [0.3, 0.4) is 0 Å². The third-order valence-electron chi connectivity index (χ3n) is 2.36. The zero-order chi connectivity index (χ0) is 9.68. The van der Waals surface area contributed by atoms with Gasteiger partial charge >= 0.3 is 0 Å². The molecule has 0 bridgehead atoms. The minimum atomic E-state index is 0.153. The van der Waals surface area contributed by atoms with Crippen molar-refractivity contribution in [3.8, 4) is 6.07 Å². The van der Waals surface area contributed by atoms with E-state index in [9.17, 15) is 4.79 Å². The molecule has 0 atom stereocenters. The first-order valence-corrected chi connectivity index (χ1v) is 5.19. The van der Waals surface area contributed by atoms with Crippen molar-refractivity contribution in [1.82, 2.24) is 4.90 Å². The molecule has 0 aliphatic carbocycles. The molecule has 1 rings (SSSR count). The lowest BCUT2D eigenvalue weighted by molar-refractivity contribution is -0.131. The van der Waals surface area contributed by atoms with E-state index in [0.29, 0.717) is 12.2 Å². The molecule has 0 radical (unpaired) electrons. The van der Waals surface area contributed by atoms with Gasteiger partial charge in [-0.2, -0.15) is 17.9 Å². The second-order valence-electron chi connectivity index (χ2n) is 3.26. The van der Waals surface area contributed by atoms with E-state index in [1.54, 1.807) is 0 Å². The van der Waals surface area contributed by atoms with Gasteiger partial charge in [0.25, 0.3) is 0 Å². The number of likely N-dealkylation sites (tertiary alicyclic amines) is 1. The van der Waals surface area contributed by atoms with Gasteiger partial charge in [0.05, 0.1) is 6.07 Å².